The maximum absolute atomic E-state index is 11.8. The SMILES string of the molecule is CCc1ccccc1Nc1ncnc(Nc2ccc(C(C)C)cc2)c1[N+](=O)[O-]. The number of anilines is 4. The zero-order valence-corrected chi connectivity index (χ0v) is 16.1. The third kappa shape index (κ3) is 4.25. The lowest BCUT2D eigenvalue weighted by Crippen LogP contribution is -2.06. The Kier molecular flexibility index (Phi) is 5.84. The van der Waals surface area contributed by atoms with E-state index in [1.165, 1.54) is 11.9 Å². The number of aryl methyl sites for hydroxylation is 1. The highest BCUT2D eigenvalue weighted by Gasteiger charge is 2.23. The van der Waals surface area contributed by atoms with Gasteiger partial charge in [0.1, 0.15) is 6.33 Å². The summed E-state index contributed by atoms with van der Waals surface area (Å²) in [5, 5.41) is 17.9. The first-order valence-corrected chi connectivity index (χ1v) is 9.21. The molecular weight excluding hydrogens is 354 g/mol. The number of nitrogens with one attached hydrogen (secondary N) is 2. The minimum atomic E-state index is -0.471. The molecule has 144 valence electrons. The summed E-state index contributed by atoms with van der Waals surface area (Å²) in [6.07, 6.45) is 2.12. The molecule has 7 heteroatoms. The molecule has 0 bridgehead atoms. The zero-order chi connectivity index (χ0) is 20.1. The van der Waals surface area contributed by atoms with Crippen LogP contribution in [0.5, 0.6) is 0 Å². The Bertz CT molecular complexity index is 971. The lowest BCUT2D eigenvalue weighted by Gasteiger charge is -2.13. The molecule has 28 heavy (non-hydrogen) atoms. The predicted octanol–water partition coefficient (Wildman–Crippen LogP) is 5.56. The van der Waals surface area contributed by atoms with Crippen LogP contribution in [0.1, 0.15) is 37.8 Å². The van der Waals surface area contributed by atoms with E-state index in [-0.39, 0.29) is 17.3 Å². The first-order valence-electron chi connectivity index (χ1n) is 9.21. The fourth-order valence-electron chi connectivity index (χ4n) is 2.90. The monoisotopic (exact) mass is 377 g/mol. The Balaban J connectivity index is 1.94. The largest absolute Gasteiger partial charge is 0.353 e. The molecule has 0 saturated heterocycles. The maximum Gasteiger partial charge on any atom is 0.353 e. The van der Waals surface area contributed by atoms with Crippen molar-refractivity contribution in [2.24, 2.45) is 0 Å². The van der Waals surface area contributed by atoms with Crippen molar-refractivity contribution in [3.63, 3.8) is 0 Å². The van der Waals surface area contributed by atoms with E-state index in [1.807, 2.05) is 55.5 Å². The van der Waals surface area contributed by atoms with Gasteiger partial charge in [0, 0.05) is 11.4 Å². The molecule has 2 N–H and O–H groups in total. The topological polar surface area (TPSA) is 93.0 Å². The summed E-state index contributed by atoms with van der Waals surface area (Å²) >= 11 is 0. The van der Waals surface area contributed by atoms with E-state index in [4.69, 9.17) is 0 Å². The van der Waals surface area contributed by atoms with Gasteiger partial charge in [-0.3, -0.25) is 10.1 Å². The quantitative estimate of drug-likeness (QED) is 0.414. The number of aromatic nitrogens is 2. The molecule has 0 aliphatic heterocycles. The second-order valence-corrected chi connectivity index (χ2v) is 6.71. The number of nitro groups is 1. The van der Waals surface area contributed by atoms with Gasteiger partial charge in [0.15, 0.2) is 0 Å². The molecule has 0 aliphatic carbocycles. The van der Waals surface area contributed by atoms with E-state index in [9.17, 15) is 10.1 Å². The number of nitrogens with zero attached hydrogens (tertiary/aromatic N) is 3. The highest BCUT2D eigenvalue weighted by atomic mass is 16.6. The third-order valence-corrected chi connectivity index (χ3v) is 4.50. The molecule has 3 rings (SSSR count). The van der Waals surface area contributed by atoms with Crippen LogP contribution >= 0.6 is 0 Å². The van der Waals surface area contributed by atoms with Gasteiger partial charge in [0.2, 0.25) is 11.6 Å². The van der Waals surface area contributed by atoms with Crippen molar-refractivity contribution in [2.75, 3.05) is 10.6 Å². The van der Waals surface area contributed by atoms with Crippen LogP contribution in [0, 0.1) is 10.1 Å². The van der Waals surface area contributed by atoms with Crippen LogP contribution < -0.4 is 10.6 Å². The minimum absolute atomic E-state index is 0.147. The number of hydrogen-bond acceptors (Lipinski definition) is 6. The molecule has 2 aromatic carbocycles. The lowest BCUT2D eigenvalue weighted by molar-refractivity contribution is -0.383. The Labute approximate surface area is 164 Å². The van der Waals surface area contributed by atoms with Gasteiger partial charge in [0.05, 0.1) is 4.92 Å². The van der Waals surface area contributed by atoms with Gasteiger partial charge in [-0.2, -0.15) is 0 Å². The number of para-hydroxylation sites is 1. The predicted molar refractivity (Wildman–Crippen MR) is 112 cm³/mol. The van der Waals surface area contributed by atoms with E-state index in [2.05, 4.69) is 34.4 Å². The van der Waals surface area contributed by atoms with Crippen LogP contribution in [-0.2, 0) is 6.42 Å². The van der Waals surface area contributed by atoms with Crippen molar-refractivity contribution in [2.45, 2.75) is 33.1 Å². The molecule has 0 saturated carbocycles. The molecule has 0 radical (unpaired) electrons. The standard InChI is InChI=1S/C21H23N5O2/c1-4-15-7-5-6-8-18(15)25-21-19(26(27)28)20(22-13-23-21)24-17-11-9-16(10-12-17)14(2)3/h5-14H,4H2,1-3H3,(H2,22,23,24,25). The van der Waals surface area contributed by atoms with Gasteiger partial charge in [-0.05, 0) is 41.7 Å². The van der Waals surface area contributed by atoms with E-state index in [0.717, 1.165) is 23.4 Å². The molecule has 7 nitrogen and oxygen atoms in total. The van der Waals surface area contributed by atoms with Crippen molar-refractivity contribution in [1.82, 2.24) is 9.97 Å². The molecule has 0 unspecified atom stereocenters. The van der Waals surface area contributed by atoms with Crippen molar-refractivity contribution in [3.8, 4) is 0 Å². The Morgan fingerprint density at radius 3 is 2.25 bits per heavy atom. The van der Waals surface area contributed by atoms with Gasteiger partial charge < -0.3 is 10.6 Å². The smallest absolute Gasteiger partial charge is 0.334 e. The average molecular weight is 377 g/mol. The van der Waals surface area contributed by atoms with Crippen molar-refractivity contribution >= 4 is 28.7 Å². The summed E-state index contributed by atoms with van der Waals surface area (Å²) in [6, 6.07) is 15.4. The molecular formula is C21H23N5O2. The number of benzene rings is 2. The molecule has 0 aliphatic rings. The van der Waals surface area contributed by atoms with Gasteiger partial charge in [0.25, 0.3) is 0 Å². The first-order chi connectivity index (χ1) is 13.5. The summed E-state index contributed by atoms with van der Waals surface area (Å²) in [7, 11) is 0. The van der Waals surface area contributed by atoms with E-state index in [1.54, 1.807) is 0 Å². The summed E-state index contributed by atoms with van der Waals surface area (Å²) in [5.74, 6) is 0.716. The fraction of sp³-hybridized carbons (Fsp3) is 0.238. The average Bonchev–Trinajstić information content (AvgIpc) is 2.68. The van der Waals surface area contributed by atoms with Gasteiger partial charge in [-0.1, -0.05) is 51.1 Å². The van der Waals surface area contributed by atoms with Crippen LogP contribution in [0.2, 0.25) is 0 Å². The van der Waals surface area contributed by atoms with Crippen LogP contribution in [0.3, 0.4) is 0 Å². The van der Waals surface area contributed by atoms with Gasteiger partial charge in [-0.15, -0.1) is 0 Å². The highest BCUT2D eigenvalue weighted by Crippen LogP contribution is 2.34. The Morgan fingerprint density at radius 2 is 1.64 bits per heavy atom. The number of rotatable bonds is 7. The van der Waals surface area contributed by atoms with E-state index < -0.39 is 4.92 Å². The molecule has 0 amide bonds. The summed E-state index contributed by atoms with van der Waals surface area (Å²) in [5.41, 5.74) is 3.57. The Hall–Kier alpha value is -3.48. The van der Waals surface area contributed by atoms with Gasteiger partial charge >= 0.3 is 5.69 Å². The van der Waals surface area contributed by atoms with E-state index in [0.29, 0.717) is 5.92 Å². The summed E-state index contributed by atoms with van der Waals surface area (Å²) in [4.78, 5) is 19.5. The van der Waals surface area contributed by atoms with Crippen molar-refractivity contribution in [3.05, 3.63) is 76.1 Å². The fourth-order valence-corrected chi connectivity index (χ4v) is 2.90. The van der Waals surface area contributed by atoms with E-state index >= 15 is 0 Å². The molecule has 1 heterocycles. The molecule has 1 aromatic heterocycles. The zero-order valence-electron chi connectivity index (χ0n) is 16.1. The van der Waals surface area contributed by atoms with Crippen molar-refractivity contribution < 1.29 is 4.92 Å². The highest BCUT2D eigenvalue weighted by molar-refractivity contribution is 5.77. The third-order valence-electron chi connectivity index (χ3n) is 4.50. The van der Waals surface area contributed by atoms with Gasteiger partial charge in [-0.25, -0.2) is 9.97 Å². The number of hydrogen-bond donors (Lipinski definition) is 2. The minimum Gasteiger partial charge on any atom is -0.334 e. The maximum atomic E-state index is 11.8. The molecule has 3 aromatic rings. The first kappa shape index (κ1) is 19.3. The summed E-state index contributed by atoms with van der Waals surface area (Å²) in [6.45, 7) is 6.26. The normalized spacial score (nSPS) is 10.7. The molecule has 0 spiro atoms. The second kappa shape index (κ2) is 8.47. The lowest BCUT2D eigenvalue weighted by atomic mass is 10.0. The van der Waals surface area contributed by atoms with Crippen LogP contribution in [0.25, 0.3) is 0 Å². The van der Waals surface area contributed by atoms with Crippen LogP contribution in [-0.4, -0.2) is 14.9 Å². The second-order valence-electron chi connectivity index (χ2n) is 6.71. The van der Waals surface area contributed by atoms with Crippen LogP contribution in [0.15, 0.2) is 54.9 Å². The van der Waals surface area contributed by atoms with Crippen LogP contribution in [0.4, 0.5) is 28.7 Å². The van der Waals surface area contributed by atoms with Crippen molar-refractivity contribution in [1.29, 1.82) is 0 Å². The molecule has 0 atom stereocenters. The molecule has 0 fully saturated rings. The Morgan fingerprint density at radius 1 is 1.00 bits per heavy atom. The summed E-state index contributed by atoms with van der Waals surface area (Å²) < 4.78 is 0.